The minimum Gasteiger partial charge on any atom is -0.330 e. The van der Waals surface area contributed by atoms with Crippen LogP contribution in [0.1, 0.15) is 149 Å². The fraction of sp³-hybridized carbons (Fsp3) is 1.00. The summed E-state index contributed by atoms with van der Waals surface area (Å²) >= 11 is 0. The van der Waals surface area contributed by atoms with E-state index < -0.39 is 0 Å². The van der Waals surface area contributed by atoms with Crippen molar-refractivity contribution in [3.05, 3.63) is 0 Å². The lowest BCUT2D eigenvalue weighted by atomic mass is 9.89. The molecule has 6 N–H and O–H groups in total. The van der Waals surface area contributed by atoms with Gasteiger partial charge in [0.05, 0.1) is 5.66 Å². The van der Waals surface area contributed by atoms with Crippen LogP contribution in [0.4, 0.5) is 0 Å². The number of hydrogen-bond acceptors (Lipinski definition) is 4. The van der Waals surface area contributed by atoms with Gasteiger partial charge in [-0.2, -0.15) is 0 Å². The van der Waals surface area contributed by atoms with Gasteiger partial charge < -0.3 is 11.5 Å². The van der Waals surface area contributed by atoms with Crippen molar-refractivity contribution in [3.8, 4) is 0 Å². The highest BCUT2D eigenvalue weighted by Crippen LogP contribution is 2.24. The molecule has 2 atom stereocenters. The molecule has 32 heavy (non-hydrogen) atoms. The number of unbranched alkanes of at least 4 members (excludes halogenated alkanes) is 11. The maximum atomic E-state index is 6.64. The smallest absolute Gasteiger partial charge is 0.0716 e. The molecule has 4 heteroatoms. The summed E-state index contributed by atoms with van der Waals surface area (Å²) in [6, 6.07) is 0.878. The van der Waals surface area contributed by atoms with E-state index in [4.69, 9.17) is 11.5 Å². The molecule has 1 aliphatic carbocycles. The second-order valence-corrected chi connectivity index (χ2v) is 10.7. The van der Waals surface area contributed by atoms with Gasteiger partial charge in [0.15, 0.2) is 0 Å². The zero-order valence-corrected chi connectivity index (χ0v) is 22.1. The molecule has 1 fully saturated rings. The molecular weight excluding hydrogens is 392 g/mol. The SMILES string of the molecule is CCCCCCCCCCCCNC(CCN)(CC(N)CCCCC)NC1CCCCC1. The molecule has 1 rings (SSSR count). The predicted molar refractivity (Wildman–Crippen MR) is 143 cm³/mol. The van der Waals surface area contributed by atoms with Crippen LogP contribution >= 0.6 is 0 Å². The Labute approximate surface area is 201 Å². The van der Waals surface area contributed by atoms with E-state index in [1.54, 1.807) is 0 Å². The second-order valence-electron chi connectivity index (χ2n) is 10.7. The van der Waals surface area contributed by atoms with Gasteiger partial charge in [-0.15, -0.1) is 0 Å². The van der Waals surface area contributed by atoms with E-state index in [1.807, 2.05) is 0 Å². The maximum Gasteiger partial charge on any atom is 0.0716 e. The van der Waals surface area contributed by atoms with Crippen molar-refractivity contribution < 1.29 is 0 Å². The van der Waals surface area contributed by atoms with E-state index >= 15 is 0 Å². The van der Waals surface area contributed by atoms with Crippen LogP contribution in [0.3, 0.4) is 0 Å². The van der Waals surface area contributed by atoms with Crippen molar-refractivity contribution in [2.45, 2.75) is 166 Å². The lowest BCUT2D eigenvalue weighted by molar-refractivity contribution is 0.164. The van der Waals surface area contributed by atoms with Crippen LogP contribution in [0.5, 0.6) is 0 Å². The van der Waals surface area contributed by atoms with Crippen LogP contribution in [0.2, 0.25) is 0 Å². The molecule has 0 aliphatic heterocycles. The summed E-state index contributed by atoms with van der Waals surface area (Å²) in [5.74, 6) is 0. The maximum absolute atomic E-state index is 6.64. The van der Waals surface area contributed by atoms with Gasteiger partial charge in [-0.25, -0.2) is 0 Å². The van der Waals surface area contributed by atoms with E-state index in [2.05, 4.69) is 24.5 Å². The highest BCUT2D eigenvalue weighted by molar-refractivity contribution is 4.93. The topological polar surface area (TPSA) is 76.1 Å². The third-order valence-corrected chi connectivity index (χ3v) is 7.44. The molecule has 192 valence electrons. The highest BCUT2D eigenvalue weighted by Gasteiger charge is 2.33. The van der Waals surface area contributed by atoms with Gasteiger partial charge in [-0.1, -0.05) is 110 Å². The lowest BCUT2D eigenvalue weighted by Gasteiger charge is -2.42. The Kier molecular flexibility index (Phi) is 18.9. The van der Waals surface area contributed by atoms with Gasteiger partial charge in [0.1, 0.15) is 0 Å². The predicted octanol–water partition coefficient (Wildman–Crippen LogP) is 6.76. The number of nitrogens with one attached hydrogen (secondary N) is 2. The van der Waals surface area contributed by atoms with Crippen LogP contribution in [0.15, 0.2) is 0 Å². The first-order chi connectivity index (χ1) is 15.7. The molecule has 1 saturated carbocycles. The molecule has 0 bridgehead atoms. The number of nitrogens with two attached hydrogens (primary N) is 2. The zero-order chi connectivity index (χ0) is 23.3. The quantitative estimate of drug-likeness (QED) is 0.108. The van der Waals surface area contributed by atoms with Crippen molar-refractivity contribution in [2.75, 3.05) is 13.1 Å². The van der Waals surface area contributed by atoms with E-state index in [-0.39, 0.29) is 11.7 Å². The van der Waals surface area contributed by atoms with E-state index in [9.17, 15) is 0 Å². The average Bonchev–Trinajstić information content (AvgIpc) is 2.78. The molecular formula is C28H60N4. The van der Waals surface area contributed by atoms with Crippen molar-refractivity contribution in [2.24, 2.45) is 11.5 Å². The number of rotatable bonds is 22. The summed E-state index contributed by atoms with van der Waals surface area (Å²) in [4.78, 5) is 0. The van der Waals surface area contributed by atoms with E-state index in [0.29, 0.717) is 12.6 Å². The first kappa shape index (κ1) is 29.9. The van der Waals surface area contributed by atoms with Crippen molar-refractivity contribution in [1.29, 1.82) is 0 Å². The molecule has 0 aromatic heterocycles. The molecule has 0 saturated heterocycles. The molecule has 0 aromatic rings. The van der Waals surface area contributed by atoms with Crippen molar-refractivity contribution in [3.63, 3.8) is 0 Å². The summed E-state index contributed by atoms with van der Waals surface area (Å²) in [5, 5.41) is 8.01. The lowest BCUT2D eigenvalue weighted by Crippen LogP contribution is -2.63. The summed E-state index contributed by atoms with van der Waals surface area (Å²) < 4.78 is 0. The Morgan fingerprint density at radius 2 is 1.34 bits per heavy atom. The third kappa shape index (κ3) is 14.9. The molecule has 0 spiro atoms. The summed E-state index contributed by atoms with van der Waals surface area (Å²) in [7, 11) is 0. The van der Waals surface area contributed by atoms with Gasteiger partial charge >= 0.3 is 0 Å². The zero-order valence-electron chi connectivity index (χ0n) is 22.1. The monoisotopic (exact) mass is 452 g/mol. The summed E-state index contributed by atoms with van der Waals surface area (Å²) in [6.07, 6.45) is 27.5. The molecule has 0 heterocycles. The van der Waals surface area contributed by atoms with Crippen LogP contribution in [-0.4, -0.2) is 30.8 Å². The van der Waals surface area contributed by atoms with E-state index in [1.165, 1.54) is 116 Å². The van der Waals surface area contributed by atoms with Crippen LogP contribution in [0, 0.1) is 0 Å². The molecule has 0 aromatic carbocycles. The van der Waals surface area contributed by atoms with Crippen molar-refractivity contribution >= 4 is 0 Å². The number of hydrogen-bond donors (Lipinski definition) is 4. The Hall–Kier alpha value is -0.160. The van der Waals surface area contributed by atoms with Crippen LogP contribution in [0.25, 0.3) is 0 Å². The summed E-state index contributed by atoms with van der Waals surface area (Å²) in [5.41, 5.74) is 12.7. The minimum absolute atomic E-state index is 0.0817. The van der Waals surface area contributed by atoms with Crippen LogP contribution < -0.4 is 22.1 Å². The molecule has 0 radical (unpaired) electrons. The fourth-order valence-electron chi connectivity index (χ4n) is 5.48. The first-order valence-electron chi connectivity index (χ1n) is 14.6. The molecule has 0 amide bonds. The summed E-state index contributed by atoms with van der Waals surface area (Å²) in [6.45, 7) is 6.36. The Morgan fingerprint density at radius 3 is 1.94 bits per heavy atom. The Morgan fingerprint density at radius 1 is 0.781 bits per heavy atom. The highest BCUT2D eigenvalue weighted by atomic mass is 15.2. The van der Waals surface area contributed by atoms with Gasteiger partial charge in [0, 0.05) is 12.1 Å². The van der Waals surface area contributed by atoms with Gasteiger partial charge in [-0.3, -0.25) is 10.6 Å². The van der Waals surface area contributed by atoms with Gasteiger partial charge in [0.25, 0.3) is 0 Å². The van der Waals surface area contributed by atoms with Crippen LogP contribution in [-0.2, 0) is 0 Å². The Bertz CT molecular complexity index is 397. The largest absolute Gasteiger partial charge is 0.330 e. The Balaban J connectivity index is 2.43. The van der Waals surface area contributed by atoms with Gasteiger partial charge in [-0.05, 0) is 51.6 Å². The second kappa shape index (κ2) is 20.2. The normalized spacial score (nSPS) is 18.0. The molecule has 4 nitrogen and oxygen atoms in total. The first-order valence-corrected chi connectivity index (χ1v) is 14.6. The fourth-order valence-corrected chi connectivity index (χ4v) is 5.48. The third-order valence-electron chi connectivity index (χ3n) is 7.44. The van der Waals surface area contributed by atoms with Gasteiger partial charge in [0.2, 0.25) is 0 Å². The molecule has 2 unspecified atom stereocenters. The molecule has 1 aliphatic rings. The van der Waals surface area contributed by atoms with Crippen molar-refractivity contribution in [1.82, 2.24) is 10.6 Å². The van der Waals surface area contributed by atoms with E-state index in [0.717, 1.165) is 25.8 Å². The minimum atomic E-state index is -0.0817. The standard InChI is InChI=1S/C28H60N4/c1-3-5-7-8-9-10-11-12-13-18-24-31-28(22-23-29,25-26(30)19-15-6-4-2)32-27-20-16-14-17-21-27/h26-27,31-32H,3-25,29-30H2,1-2H3. The average molecular weight is 453 g/mol.